The number of carbonyl (C=O) groups excluding carboxylic acids is 1. The lowest BCUT2D eigenvalue weighted by molar-refractivity contribution is -0.141. The van der Waals surface area contributed by atoms with Crippen LogP contribution in [0.25, 0.3) is 11.4 Å². The molecule has 2 aliphatic heterocycles. The second-order valence-corrected chi connectivity index (χ2v) is 7.75. The molecule has 2 fully saturated rings. The van der Waals surface area contributed by atoms with Crippen molar-refractivity contribution in [3.8, 4) is 11.4 Å². The van der Waals surface area contributed by atoms with E-state index < -0.39 is 11.9 Å². The van der Waals surface area contributed by atoms with E-state index in [-0.39, 0.29) is 35.5 Å². The van der Waals surface area contributed by atoms with Crippen LogP contribution in [0.15, 0.2) is 49.2 Å². The predicted octanol–water partition coefficient (Wildman–Crippen LogP) is 3.21. The molecule has 0 aromatic carbocycles. The Balaban J connectivity index is 1.36. The third kappa shape index (κ3) is 3.63. The zero-order valence-corrected chi connectivity index (χ0v) is 16.7. The molecule has 3 atom stereocenters. The first-order valence-corrected chi connectivity index (χ1v) is 10.1. The predicted molar refractivity (Wildman–Crippen MR) is 107 cm³/mol. The van der Waals surface area contributed by atoms with Gasteiger partial charge in [-0.1, -0.05) is 0 Å². The topological polar surface area (TPSA) is 96.8 Å². The molecule has 8 nitrogen and oxygen atoms in total. The highest BCUT2D eigenvalue weighted by Gasteiger charge is 2.49. The molecular weight excluding hydrogens is 423 g/mol. The van der Waals surface area contributed by atoms with Crippen LogP contribution in [-0.2, 0) is 6.18 Å². The minimum Gasteiger partial charge on any atom is -0.364 e. The van der Waals surface area contributed by atoms with Gasteiger partial charge in [0.15, 0.2) is 11.5 Å². The van der Waals surface area contributed by atoms with Crippen LogP contribution in [0, 0.1) is 0 Å². The lowest BCUT2D eigenvalue weighted by atomic mass is 9.95. The van der Waals surface area contributed by atoms with E-state index in [0.29, 0.717) is 24.0 Å². The quantitative estimate of drug-likeness (QED) is 0.664. The van der Waals surface area contributed by atoms with Crippen molar-refractivity contribution in [1.82, 2.24) is 29.8 Å². The molecule has 2 saturated heterocycles. The number of hydrogen-bond acceptors (Lipinski definition) is 7. The van der Waals surface area contributed by atoms with Gasteiger partial charge in [0.2, 0.25) is 0 Å². The van der Waals surface area contributed by atoms with Crippen molar-refractivity contribution >= 4 is 11.7 Å². The fraction of sp³-hybridized carbons (Fsp3) is 0.333. The van der Waals surface area contributed by atoms with Crippen LogP contribution >= 0.6 is 0 Å². The van der Waals surface area contributed by atoms with Crippen LogP contribution in [0.2, 0.25) is 0 Å². The Morgan fingerprint density at radius 1 is 1.00 bits per heavy atom. The molecule has 0 aliphatic carbocycles. The number of aromatic nitrogens is 5. The number of nitrogens with one attached hydrogen (secondary N) is 1. The molecule has 2 aliphatic rings. The van der Waals surface area contributed by atoms with E-state index in [9.17, 15) is 18.0 Å². The smallest absolute Gasteiger partial charge is 0.364 e. The lowest BCUT2D eigenvalue weighted by Gasteiger charge is -2.25. The number of alkyl halides is 3. The summed E-state index contributed by atoms with van der Waals surface area (Å²) >= 11 is 0. The van der Waals surface area contributed by atoms with E-state index in [4.69, 9.17) is 0 Å². The van der Waals surface area contributed by atoms with Gasteiger partial charge in [-0.25, -0.2) is 19.9 Å². The first kappa shape index (κ1) is 20.3. The molecule has 11 heteroatoms. The van der Waals surface area contributed by atoms with Crippen molar-refractivity contribution in [3.05, 3.63) is 60.6 Å². The van der Waals surface area contributed by atoms with Crippen molar-refractivity contribution in [3.63, 3.8) is 0 Å². The summed E-state index contributed by atoms with van der Waals surface area (Å²) in [7, 11) is 0. The zero-order chi connectivity index (χ0) is 22.3. The van der Waals surface area contributed by atoms with E-state index >= 15 is 0 Å². The molecule has 1 N–H and O–H groups in total. The average Bonchev–Trinajstić information content (AvgIpc) is 3.37. The second kappa shape index (κ2) is 7.81. The summed E-state index contributed by atoms with van der Waals surface area (Å²) < 4.78 is 38.2. The van der Waals surface area contributed by atoms with Gasteiger partial charge in [-0.3, -0.25) is 9.78 Å². The molecular formula is C21H18F3N7O. The largest absolute Gasteiger partial charge is 0.434 e. The summed E-state index contributed by atoms with van der Waals surface area (Å²) in [4.78, 5) is 35.4. The number of amides is 1. The summed E-state index contributed by atoms with van der Waals surface area (Å²) in [6.45, 7) is 0. The molecule has 1 amide bonds. The zero-order valence-electron chi connectivity index (χ0n) is 16.7. The first-order valence-electron chi connectivity index (χ1n) is 10.1. The van der Waals surface area contributed by atoms with E-state index in [1.54, 1.807) is 36.8 Å². The third-order valence-corrected chi connectivity index (χ3v) is 5.86. The van der Waals surface area contributed by atoms with Crippen LogP contribution in [0.1, 0.15) is 35.4 Å². The van der Waals surface area contributed by atoms with Crippen LogP contribution in [0.3, 0.4) is 0 Å². The molecule has 5 heterocycles. The van der Waals surface area contributed by atoms with Crippen molar-refractivity contribution < 1.29 is 18.0 Å². The molecule has 3 unspecified atom stereocenters. The average molecular weight is 441 g/mol. The Hall–Kier alpha value is -3.63. The number of carbonyl (C=O) groups is 1. The Kier molecular flexibility index (Phi) is 4.95. The maximum Gasteiger partial charge on any atom is 0.434 e. The molecule has 2 bridgehead atoms. The molecule has 0 radical (unpaired) electrons. The Morgan fingerprint density at radius 2 is 1.78 bits per heavy atom. The van der Waals surface area contributed by atoms with E-state index in [1.165, 1.54) is 0 Å². The number of rotatable bonds is 4. The van der Waals surface area contributed by atoms with Crippen molar-refractivity contribution in [2.45, 2.75) is 43.6 Å². The van der Waals surface area contributed by atoms with Gasteiger partial charge in [0.25, 0.3) is 5.91 Å². The summed E-state index contributed by atoms with van der Waals surface area (Å²) in [5.41, 5.74) is -0.202. The minimum absolute atomic E-state index is 0.0129. The normalized spacial score (nSPS) is 22.2. The van der Waals surface area contributed by atoms with E-state index in [0.717, 1.165) is 19.0 Å². The van der Waals surface area contributed by atoms with Crippen molar-refractivity contribution in [1.29, 1.82) is 0 Å². The fourth-order valence-electron chi connectivity index (χ4n) is 4.52. The van der Waals surface area contributed by atoms with Gasteiger partial charge in [0, 0.05) is 24.6 Å². The van der Waals surface area contributed by atoms with Crippen LogP contribution in [-0.4, -0.2) is 53.9 Å². The highest BCUT2D eigenvalue weighted by molar-refractivity contribution is 5.99. The highest BCUT2D eigenvalue weighted by atomic mass is 19.4. The Bertz CT molecular complexity index is 1120. The number of halogens is 3. The number of hydrogen-bond donors (Lipinski definition) is 1. The van der Waals surface area contributed by atoms with Crippen LogP contribution < -0.4 is 5.32 Å². The summed E-state index contributed by atoms with van der Waals surface area (Å²) in [6, 6.07) is 4.95. The number of anilines is 1. The van der Waals surface area contributed by atoms with Crippen molar-refractivity contribution in [2.24, 2.45) is 0 Å². The lowest BCUT2D eigenvalue weighted by Crippen LogP contribution is -2.40. The van der Waals surface area contributed by atoms with E-state index in [2.05, 4.69) is 30.2 Å². The van der Waals surface area contributed by atoms with Gasteiger partial charge in [-0.05, 0) is 37.5 Å². The highest BCUT2D eigenvalue weighted by Crippen LogP contribution is 2.40. The summed E-state index contributed by atoms with van der Waals surface area (Å²) in [5, 5.41) is 3.15. The number of nitrogens with zero attached hydrogens (tertiary/aromatic N) is 6. The SMILES string of the molecule is O=C(c1ncccc1-c1ncccn1)N1C2CCC1C(Nc1cnc(C(F)(F)F)cn1)C2. The molecule has 164 valence electrons. The van der Waals surface area contributed by atoms with Crippen molar-refractivity contribution in [2.75, 3.05) is 5.32 Å². The van der Waals surface area contributed by atoms with Gasteiger partial charge < -0.3 is 10.2 Å². The maximum atomic E-state index is 13.5. The molecule has 5 rings (SSSR count). The van der Waals surface area contributed by atoms with Gasteiger partial charge >= 0.3 is 6.18 Å². The third-order valence-electron chi connectivity index (χ3n) is 5.86. The van der Waals surface area contributed by atoms with Gasteiger partial charge in [-0.15, -0.1) is 0 Å². The van der Waals surface area contributed by atoms with Crippen LogP contribution in [0.4, 0.5) is 19.0 Å². The minimum atomic E-state index is -4.54. The summed E-state index contributed by atoms with van der Waals surface area (Å²) in [5.74, 6) is 0.465. The molecule has 0 spiro atoms. The second-order valence-electron chi connectivity index (χ2n) is 7.75. The monoisotopic (exact) mass is 441 g/mol. The summed E-state index contributed by atoms with van der Waals surface area (Å²) in [6.07, 6.45) is 4.33. The molecule has 3 aromatic heterocycles. The molecule has 0 saturated carbocycles. The van der Waals surface area contributed by atoms with Crippen LogP contribution in [0.5, 0.6) is 0 Å². The van der Waals surface area contributed by atoms with Gasteiger partial charge in [0.1, 0.15) is 11.5 Å². The Labute approximate surface area is 181 Å². The molecule has 3 aromatic rings. The molecule has 32 heavy (non-hydrogen) atoms. The Morgan fingerprint density at radius 3 is 2.50 bits per heavy atom. The van der Waals surface area contributed by atoms with Gasteiger partial charge in [0.05, 0.1) is 30.0 Å². The fourth-order valence-corrected chi connectivity index (χ4v) is 4.52. The number of fused-ring (bicyclic) bond motifs is 2. The standard InChI is InChI=1S/C21H18F3N7O/c22-21(23,24)16-10-29-17(11-28-16)30-14-9-12-4-5-15(14)31(12)20(32)18-13(3-1-6-25-18)19-26-7-2-8-27-19/h1-3,6-8,10-12,14-15H,4-5,9H2,(H,29,30). The van der Waals surface area contributed by atoms with E-state index in [1.807, 2.05) is 4.90 Å². The number of pyridine rings is 1. The first-order chi connectivity index (χ1) is 15.4. The van der Waals surface area contributed by atoms with Gasteiger partial charge in [-0.2, -0.15) is 13.2 Å². The maximum absolute atomic E-state index is 13.5.